The normalized spacial score (nSPS) is 13.0. The van der Waals surface area contributed by atoms with Gasteiger partial charge in [-0.05, 0) is 18.2 Å². The molecule has 99 valence electrons. The van der Waals surface area contributed by atoms with E-state index in [1.54, 1.807) is 12.1 Å². The molecule has 0 unspecified atom stereocenters. The van der Waals surface area contributed by atoms with Crippen molar-refractivity contribution in [2.45, 2.75) is 11.4 Å². The van der Waals surface area contributed by atoms with Crippen molar-refractivity contribution < 1.29 is 17.3 Å². The molecule has 0 saturated carbocycles. The van der Waals surface area contributed by atoms with Gasteiger partial charge in [-0.15, -0.1) is 5.10 Å². The number of benzene rings is 1. The van der Waals surface area contributed by atoms with Gasteiger partial charge in [0.2, 0.25) is 5.03 Å². The third-order valence-electron chi connectivity index (χ3n) is 2.68. The molecule has 1 aromatic heterocycles. The van der Waals surface area contributed by atoms with E-state index < -0.39 is 10.1 Å². The number of nitrogens with zero attached hydrogens (tertiary/aromatic N) is 2. The van der Waals surface area contributed by atoms with Crippen molar-refractivity contribution in [3.63, 3.8) is 0 Å². The van der Waals surface area contributed by atoms with E-state index in [2.05, 4.69) is 10.2 Å². The van der Waals surface area contributed by atoms with E-state index in [-0.39, 0.29) is 40.3 Å². The molecule has 0 spiro atoms. The van der Waals surface area contributed by atoms with Gasteiger partial charge in [0.1, 0.15) is 0 Å². The van der Waals surface area contributed by atoms with Gasteiger partial charge in [-0.25, -0.2) is 0 Å². The summed E-state index contributed by atoms with van der Waals surface area (Å²) in [7, 11) is -3.99. The van der Waals surface area contributed by atoms with Crippen LogP contribution in [0.5, 0.6) is 11.5 Å². The summed E-state index contributed by atoms with van der Waals surface area (Å²) in [5.74, 6) is 0.663. The average Bonchev–Trinajstić information content (AvgIpc) is 2.89. The van der Waals surface area contributed by atoms with E-state index in [1.807, 2.05) is 6.07 Å². The van der Waals surface area contributed by atoms with E-state index in [4.69, 9.17) is 8.92 Å². The van der Waals surface area contributed by atoms with Crippen LogP contribution < -0.4 is 8.92 Å². The molecule has 3 rings (SSSR count). The molecule has 2 aromatic rings. The molecule has 0 fully saturated rings. The smallest absolute Gasteiger partial charge is 0.358 e. The number of hydrogen-bond acceptors (Lipinski definition) is 6. The van der Waals surface area contributed by atoms with E-state index in [0.717, 1.165) is 12.0 Å². The molecule has 0 saturated heterocycles. The van der Waals surface area contributed by atoms with Gasteiger partial charge in [-0.3, -0.25) is 0 Å². The summed E-state index contributed by atoms with van der Waals surface area (Å²) in [4.78, 5) is 0. The van der Waals surface area contributed by atoms with Gasteiger partial charge in [-0.1, -0.05) is 12.1 Å². The molecule has 8 heteroatoms. The number of rotatable bonds is 3. The van der Waals surface area contributed by atoms with Gasteiger partial charge in [0.25, 0.3) is 0 Å². The molecule has 20 heavy (non-hydrogen) atoms. The van der Waals surface area contributed by atoms with E-state index in [1.165, 1.54) is 18.3 Å². The molecule has 2 heterocycles. The Labute approximate surface area is 138 Å². The SMILES string of the molecule is O=S(=O)(Oc1cccc2c1OCC2)c1cccnn1.[Na]. The Morgan fingerprint density at radius 1 is 1.20 bits per heavy atom. The Morgan fingerprint density at radius 2 is 2.05 bits per heavy atom. The zero-order chi connectivity index (χ0) is 13.3. The van der Waals surface area contributed by atoms with Crippen LogP contribution in [0.15, 0.2) is 41.6 Å². The second-order valence-corrected chi connectivity index (χ2v) is 5.44. The first-order chi connectivity index (χ1) is 9.17. The van der Waals surface area contributed by atoms with Crippen LogP contribution in [-0.2, 0) is 16.5 Å². The molecule has 1 aliphatic heterocycles. The first kappa shape index (κ1) is 15.2. The first-order valence-corrected chi connectivity index (χ1v) is 7.04. The molecule has 1 aliphatic rings. The molecule has 1 radical (unpaired) electrons. The Balaban J connectivity index is 0.00000147. The van der Waals surface area contributed by atoms with E-state index >= 15 is 0 Å². The Hall–Kier alpha value is -1.15. The quantitative estimate of drug-likeness (QED) is 0.616. The maximum Gasteiger partial charge on any atom is 0.358 e. The predicted molar refractivity (Wildman–Crippen MR) is 71.2 cm³/mol. The van der Waals surface area contributed by atoms with Crippen molar-refractivity contribution in [1.82, 2.24) is 10.2 Å². The van der Waals surface area contributed by atoms with Crippen molar-refractivity contribution in [3.8, 4) is 11.5 Å². The summed E-state index contributed by atoms with van der Waals surface area (Å²) < 4.78 is 34.5. The fraction of sp³-hybridized carbons (Fsp3) is 0.167. The van der Waals surface area contributed by atoms with E-state index in [9.17, 15) is 8.42 Å². The van der Waals surface area contributed by atoms with Crippen molar-refractivity contribution in [2.24, 2.45) is 0 Å². The summed E-state index contributed by atoms with van der Waals surface area (Å²) in [5.41, 5.74) is 0.937. The van der Waals surface area contributed by atoms with Crippen LogP contribution in [0.4, 0.5) is 0 Å². The predicted octanol–water partition coefficient (Wildman–Crippen LogP) is 0.798. The maximum atomic E-state index is 12.0. The second-order valence-electron chi connectivity index (χ2n) is 3.94. The van der Waals surface area contributed by atoms with E-state index in [0.29, 0.717) is 12.4 Å². The summed E-state index contributed by atoms with van der Waals surface area (Å²) in [6, 6.07) is 7.97. The number of aromatic nitrogens is 2. The van der Waals surface area contributed by atoms with Crippen LogP contribution in [0, 0.1) is 0 Å². The Kier molecular flexibility index (Phi) is 4.64. The van der Waals surface area contributed by atoms with Crippen molar-refractivity contribution in [3.05, 3.63) is 42.1 Å². The summed E-state index contributed by atoms with van der Waals surface area (Å²) in [6.07, 6.45) is 2.14. The third-order valence-corrected chi connectivity index (χ3v) is 3.81. The summed E-state index contributed by atoms with van der Waals surface area (Å²) >= 11 is 0. The zero-order valence-electron chi connectivity index (χ0n) is 10.8. The number of ether oxygens (including phenoxy) is 1. The van der Waals surface area contributed by atoms with Crippen molar-refractivity contribution in [2.75, 3.05) is 6.61 Å². The summed E-state index contributed by atoms with van der Waals surface area (Å²) in [5, 5.41) is 6.83. The monoisotopic (exact) mass is 301 g/mol. The van der Waals surface area contributed by atoms with Gasteiger partial charge in [0, 0.05) is 47.7 Å². The van der Waals surface area contributed by atoms with Crippen molar-refractivity contribution in [1.29, 1.82) is 0 Å². The Morgan fingerprint density at radius 3 is 2.80 bits per heavy atom. The average molecular weight is 301 g/mol. The molecule has 0 atom stereocenters. The van der Waals surface area contributed by atoms with Crippen LogP contribution >= 0.6 is 0 Å². The number of hydrogen-bond donors (Lipinski definition) is 0. The zero-order valence-corrected chi connectivity index (χ0v) is 13.6. The maximum absolute atomic E-state index is 12.0. The Bertz CT molecular complexity index is 707. The third kappa shape index (κ3) is 2.95. The topological polar surface area (TPSA) is 78.4 Å². The molecule has 6 nitrogen and oxygen atoms in total. The van der Waals surface area contributed by atoms with Crippen LogP contribution in [0.2, 0.25) is 0 Å². The molecule has 0 N–H and O–H groups in total. The molecule has 0 amide bonds. The minimum absolute atomic E-state index is 0. The second kappa shape index (κ2) is 6.09. The molecule has 1 aromatic carbocycles. The fourth-order valence-electron chi connectivity index (χ4n) is 1.83. The van der Waals surface area contributed by atoms with Crippen molar-refractivity contribution >= 4 is 39.7 Å². The minimum Gasteiger partial charge on any atom is -0.489 e. The molecular weight excluding hydrogens is 291 g/mol. The minimum atomic E-state index is -3.99. The van der Waals surface area contributed by atoms with Crippen LogP contribution in [0.25, 0.3) is 0 Å². The van der Waals surface area contributed by atoms with Gasteiger partial charge >= 0.3 is 10.1 Å². The first-order valence-electron chi connectivity index (χ1n) is 5.64. The van der Waals surface area contributed by atoms with Gasteiger partial charge in [-0.2, -0.15) is 13.5 Å². The van der Waals surface area contributed by atoms with Gasteiger partial charge < -0.3 is 8.92 Å². The van der Waals surface area contributed by atoms with Gasteiger partial charge in [0.05, 0.1) is 6.61 Å². The number of para-hydroxylation sites is 1. The fourth-order valence-corrected chi connectivity index (χ4v) is 2.68. The summed E-state index contributed by atoms with van der Waals surface area (Å²) in [6.45, 7) is 0.529. The standard InChI is InChI=1S/C12H10N2O4S.Na/c15-19(16,11-5-2-7-13-14-11)18-10-4-1-3-9-6-8-17-12(9)10;/h1-5,7H,6,8H2;. The van der Waals surface area contributed by atoms with Crippen LogP contribution in [-0.4, -0.2) is 54.8 Å². The molecule has 0 bridgehead atoms. The van der Waals surface area contributed by atoms with Crippen LogP contribution in [0.3, 0.4) is 0 Å². The molecular formula is C12H10N2NaO4S. The van der Waals surface area contributed by atoms with Crippen LogP contribution in [0.1, 0.15) is 5.56 Å². The number of fused-ring (bicyclic) bond motifs is 1. The largest absolute Gasteiger partial charge is 0.489 e. The van der Waals surface area contributed by atoms with Gasteiger partial charge in [0.15, 0.2) is 11.5 Å². The molecule has 0 aliphatic carbocycles.